The molecular formula is C6H9BrO2. The molecule has 1 aliphatic rings. The first kappa shape index (κ1) is 7.06. The lowest BCUT2D eigenvalue weighted by atomic mass is 10.1. The summed E-state index contributed by atoms with van der Waals surface area (Å²) in [5, 5.41) is 8.53. The molecule has 1 atom stereocenters. The van der Waals surface area contributed by atoms with Gasteiger partial charge in [-0.05, 0) is 12.8 Å². The van der Waals surface area contributed by atoms with Gasteiger partial charge in [-0.2, -0.15) is 0 Å². The smallest absolute Gasteiger partial charge is 0.307 e. The molecule has 1 aliphatic carbocycles. The largest absolute Gasteiger partial charge is 0.481 e. The lowest BCUT2D eigenvalue weighted by molar-refractivity contribution is -0.141. The van der Waals surface area contributed by atoms with Crippen LogP contribution in [0.3, 0.4) is 0 Å². The van der Waals surface area contributed by atoms with Crippen LogP contribution in [0.15, 0.2) is 0 Å². The Hall–Kier alpha value is -0.0500. The predicted molar refractivity (Wildman–Crippen MR) is 37.7 cm³/mol. The van der Waals surface area contributed by atoms with Gasteiger partial charge in [0.15, 0.2) is 0 Å². The SMILES string of the molecule is C[C@H](C(=O)O)C1(Br)CC1. The Morgan fingerprint density at radius 3 is 2.33 bits per heavy atom. The van der Waals surface area contributed by atoms with E-state index >= 15 is 0 Å². The standard InChI is InChI=1S/C6H9BrO2/c1-4(5(8)9)6(7)2-3-6/h4H,2-3H2,1H3,(H,8,9)/t4-/m1/s1. The molecule has 0 bridgehead atoms. The highest BCUT2D eigenvalue weighted by molar-refractivity contribution is 9.10. The molecule has 0 aliphatic heterocycles. The van der Waals surface area contributed by atoms with Gasteiger partial charge in [0.1, 0.15) is 0 Å². The number of alkyl halides is 1. The fourth-order valence-electron chi connectivity index (χ4n) is 0.774. The van der Waals surface area contributed by atoms with Crippen molar-refractivity contribution >= 4 is 21.9 Å². The van der Waals surface area contributed by atoms with Crippen LogP contribution in [0.4, 0.5) is 0 Å². The van der Waals surface area contributed by atoms with Crippen molar-refractivity contribution in [2.75, 3.05) is 0 Å². The summed E-state index contributed by atoms with van der Waals surface area (Å²) in [6.07, 6.45) is 2.00. The van der Waals surface area contributed by atoms with Crippen molar-refractivity contribution in [2.45, 2.75) is 24.1 Å². The summed E-state index contributed by atoms with van der Waals surface area (Å²) in [7, 11) is 0. The zero-order valence-corrected chi connectivity index (χ0v) is 6.81. The van der Waals surface area contributed by atoms with E-state index in [2.05, 4.69) is 15.9 Å². The maximum absolute atomic E-state index is 10.4. The zero-order valence-electron chi connectivity index (χ0n) is 5.22. The summed E-state index contributed by atoms with van der Waals surface area (Å²) >= 11 is 3.37. The van der Waals surface area contributed by atoms with E-state index in [9.17, 15) is 4.79 Å². The van der Waals surface area contributed by atoms with E-state index in [0.717, 1.165) is 12.8 Å². The quantitative estimate of drug-likeness (QED) is 0.676. The Bertz CT molecular complexity index is 140. The van der Waals surface area contributed by atoms with E-state index in [1.165, 1.54) is 0 Å². The molecule has 0 aromatic rings. The minimum Gasteiger partial charge on any atom is -0.481 e. The first-order valence-corrected chi connectivity index (χ1v) is 3.77. The van der Waals surface area contributed by atoms with Crippen LogP contribution in [0.2, 0.25) is 0 Å². The first-order valence-electron chi connectivity index (χ1n) is 2.98. The third kappa shape index (κ3) is 1.26. The fraction of sp³-hybridized carbons (Fsp3) is 0.833. The second-order valence-electron chi connectivity index (χ2n) is 2.59. The molecule has 0 saturated heterocycles. The highest BCUT2D eigenvalue weighted by Gasteiger charge is 2.48. The fourth-order valence-corrected chi connectivity index (χ4v) is 1.17. The first-order chi connectivity index (χ1) is 4.06. The minimum atomic E-state index is -0.704. The van der Waals surface area contributed by atoms with Gasteiger partial charge >= 0.3 is 5.97 Å². The highest BCUT2D eigenvalue weighted by atomic mass is 79.9. The molecule has 9 heavy (non-hydrogen) atoms. The minimum absolute atomic E-state index is 0.0567. The number of carbonyl (C=O) groups is 1. The molecular weight excluding hydrogens is 184 g/mol. The van der Waals surface area contributed by atoms with Crippen molar-refractivity contribution in [1.82, 2.24) is 0 Å². The summed E-state index contributed by atoms with van der Waals surface area (Å²) in [6, 6.07) is 0. The molecule has 52 valence electrons. The predicted octanol–water partition coefficient (Wildman–Crippen LogP) is 1.63. The van der Waals surface area contributed by atoms with Crippen LogP contribution in [-0.2, 0) is 4.79 Å². The summed E-state index contributed by atoms with van der Waals surface area (Å²) in [6.45, 7) is 1.74. The third-order valence-corrected chi connectivity index (χ3v) is 3.35. The molecule has 0 aromatic heterocycles. The maximum atomic E-state index is 10.4. The van der Waals surface area contributed by atoms with Gasteiger partial charge in [-0.3, -0.25) is 4.79 Å². The van der Waals surface area contributed by atoms with E-state index in [-0.39, 0.29) is 10.2 Å². The number of rotatable bonds is 2. The average molecular weight is 193 g/mol. The molecule has 1 N–H and O–H groups in total. The zero-order chi connectivity index (χ0) is 7.07. The monoisotopic (exact) mass is 192 g/mol. The molecule has 0 unspecified atom stereocenters. The second kappa shape index (κ2) is 1.97. The molecule has 1 fully saturated rings. The van der Waals surface area contributed by atoms with Gasteiger partial charge in [-0.15, -0.1) is 0 Å². The molecule has 3 heteroatoms. The normalized spacial score (nSPS) is 25.1. The van der Waals surface area contributed by atoms with Crippen LogP contribution in [0.25, 0.3) is 0 Å². The van der Waals surface area contributed by atoms with Crippen LogP contribution in [0.5, 0.6) is 0 Å². The number of aliphatic carboxylic acids is 1. The number of carboxylic acid groups (broad SMARTS) is 1. The maximum Gasteiger partial charge on any atom is 0.307 e. The summed E-state index contributed by atoms with van der Waals surface area (Å²) in [5.74, 6) is -0.943. The third-order valence-electron chi connectivity index (χ3n) is 1.87. The Labute approximate surface area is 62.4 Å². The lowest BCUT2D eigenvalue weighted by Crippen LogP contribution is -2.21. The van der Waals surface area contributed by atoms with Crippen LogP contribution in [-0.4, -0.2) is 15.4 Å². The molecule has 0 heterocycles. The van der Waals surface area contributed by atoms with Gasteiger partial charge < -0.3 is 5.11 Å². The van der Waals surface area contributed by atoms with E-state index in [1.807, 2.05) is 0 Å². The van der Waals surface area contributed by atoms with Crippen LogP contribution < -0.4 is 0 Å². The van der Waals surface area contributed by atoms with Gasteiger partial charge in [0, 0.05) is 4.32 Å². The number of hydrogen-bond acceptors (Lipinski definition) is 1. The van der Waals surface area contributed by atoms with E-state index in [4.69, 9.17) is 5.11 Å². The number of halogens is 1. The highest BCUT2D eigenvalue weighted by Crippen LogP contribution is 2.50. The summed E-state index contributed by atoms with van der Waals surface area (Å²) < 4.78 is -0.0567. The van der Waals surface area contributed by atoms with Gasteiger partial charge in [-0.1, -0.05) is 22.9 Å². The van der Waals surface area contributed by atoms with Crippen molar-refractivity contribution in [2.24, 2.45) is 5.92 Å². The van der Waals surface area contributed by atoms with Crippen molar-refractivity contribution in [3.05, 3.63) is 0 Å². The molecule has 2 nitrogen and oxygen atoms in total. The van der Waals surface area contributed by atoms with Crippen LogP contribution in [0, 0.1) is 5.92 Å². The van der Waals surface area contributed by atoms with Crippen LogP contribution >= 0.6 is 15.9 Å². The van der Waals surface area contributed by atoms with Gasteiger partial charge in [-0.25, -0.2) is 0 Å². The average Bonchev–Trinajstić information content (AvgIpc) is 2.47. The number of hydrogen-bond donors (Lipinski definition) is 1. The molecule has 0 aromatic carbocycles. The molecule has 1 saturated carbocycles. The molecule has 0 radical (unpaired) electrons. The van der Waals surface area contributed by atoms with Crippen molar-refractivity contribution < 1.29 is 9.90 Å². The van der Waals surface area contributed by atoms with E-state index < -0.39 is 5.97 Å². The lowest BCUT2D eigenvalue weighted by Gasteiger charge is -2.09. The van der Waals surface area contributed by atoms with Crippen molar-refractivity contribution in [1.29, 1.82) is 0 Å². The Morgan fingerprint density at radius 1 is 1.78 bits per heavy atom. The Balaban J connectivity index is 2.52. The second-order valence-corrected chi connectivity index (χ2v) is 4.17. The molecule has 1 rings (SSSR count). The number of carboxylic acids is 1. The summed E-state index contributed by atoms with van der Waals surface area (Å²) in [5.41, 5.74) is 0. The van der Waals surface area contributed by atoms with Crippen molar-refractivity contribution in [3.63, 3.8) is 0 Å². The molecule has 0 amide bonds. The van der Waals surface area contributed by atoms with Gasteiger partial charge in [0.25, 0.3) is 0 Å². The topological polar surface area (TPSA) is 37.3 Å². The summed E-state index contributed by atoms with van der Waals surface area (Å²) in [4.78, 5) is 10.4. The van der Waals surface area contributed by atoms with Crippen LogP contribution in [0.1, 0.15) is 19.8 Å². The van der Waals surface area contributed by atoms with E-state index in [1.54, 1.807) is 6.92 Å². The van der Waals surface area contributed by atoms with E-state index in [0.29, 0.717) is 0 Å². The Kier molecular flexibility index (Phi) is 1.55. The Morgan fingerprint density at radius 2 is 2.22 bits per heavy atom. The van der Waals surface area contributed by atoms with Gasteiger partial charge in [0.2, 0.25) is 0 Å². The van der Waals surface area contributed by atoms with Crippen molar-refractivity contribution in [3.8, 4) is 0 Å². The van der Waals surface area contributed by atoms with Gasteiger partial charge in [0.05, 0.1) is 5.92 Å². The molecule has 0 spiro atoms.